The molecular weight excluding hydrogens is 621 g/mol. The molecule has 2 amide bonds. The van der Waals surface area contributed by atoms with Gasteiger partial charge in [0.15, 0.2) is 29.5 Å². The first-order valence-corrected chi connectivity index (χ1v) is 16.8. The van der Waals surface area contributed by atoms with Gasteiger partial charge in [-0.25, -0.2) is 19.7 Å². The Kier molecular flexibility index (Phi) is 9.75. The third kappa shape index (κ3) is 7.28. The fourth-order valence-corrected chi connectivity index (χ4v) is 7.39. The van der Waals surface area contributed by atoms with Crippen LogP contribution in [0.4, 0.5) is 10.6 Å². The van der Waals surface area contributed by atoms with Crippen molar-refractivity contribution in [1.29, 1.82) is 0 Å². The lowest BCUT2D eigenvalue weighted by Gasteiger charge is -2.29. The second-order valence-corrected chi connectivity index (χ2v) is 13.2. The number of piperidine rings is 1. The van der Waals surface area contributed by atoms with Crippen LogP contribution in [0.3, 0.4) is 0 Å². The Morgan fingerprint density at radius 3 is 2.76 bits per heavy atom. The van der Waals surface area contributed by atoms with E-state index in [2.05, 4.69) is 30.9 Å². The van der Waals surface area contributed by atoms with Gasteiger partial charge in [-0.15, -0.1) is 0 Å². The maximum Gasteiger partial charge on any atom is 0.328 e. The number of rotatable bonds is 11. The Hall–Kier alpha value is -3.76. The van der Waals surface area contributed by atoms with E-state index >= 15 is 0 Å². The lowest BCUT2D eigenvalue weighted by Crippen LogP contribution is -2.44. The number of carboxylic acid groups (broad SMARTS) is 1. The number of benzene rings is 1. The van der Waals surface area contributed by atoms with Gasteiger partial charge in [0.1, 0.15) is 30.7 Å². The van der Waals surface area contributed by atoms with E-state index in [1.165, 1.54) is 12.7 Å². The summed E-state index contributed by atoms with van der Waals surface area (Å²) in [7, 11) is -4.12. The molecule has 3 saturated heterocycles. The number of anilines is 1. The zero-order chi connectivity index (χ0) is 32.3. The minimum atomic E-state index is -4.12. The first kappa shape index (κ1) is 32.2. The predicted octanol–water partition coefficient (Wildman–Crippen LogP) is 2.34. The van der Waals surface area contributed by atoms with Gasteiger partial charge in [0, 0.05) is 6.54 Å². The summed E-state index contributed by atoms with van der Waals surface area (Å²) in [5.74, 6) is -1.07. The number of nitrogens with zero attached hydrogens (tertiary/aromatic N) is 4. The number of imidazole rings is 1. The van der Waals surface area contributed by atoms with Crippen LogP contribution < -0.4 is 16.0 Å². The molecule has 2 aromatic heterocycles. The molecule has 8 atom stereocenters. The Morgan fingerprint density at radius 1 is 1.17 bits per heavy atom. The van der Waals surface area contributed by atoms with Crippen LogP contribution in [0.1, 0.15) is 31.6 Å². The predicted molar refractivity (Wildman–Crippen MR) is 164 cm³/mol. The topological polar surface area (TPSA) is 208 Å². The highest BCUT2D eigenvalue weighted by molar-refractivity contribution is 7.52. The van der Waals surface area contributed by atoms with Gasteiger partial charge in [0.25, 0.3) is 0 Å². The van der Waals surface area contributed by atoms with E-state index in [4.69, 9.17) is 18.7 Å². The number of urea groups is 1. The number of hydrogen-bond donors (Lipinski definition) is 5. The normalized spacial score (nSPS) is 29.0. The van der Waals surface area contributed by atoms with Crippen LogP contribution in [0.15, 0.2) is 49.1 Å². The second-order valence-electron chi connectivity index (χ2n) is 11.3. The number of aliphatic carboxylic acids is 1. The number of amides is 2. The van der Waals surface area contributed by atoms with Crippen molar-refractivity contribution in [2.24, 2.45) is 5.92 Å². The molecule has 0 radical (unpaired) electrons. The number of aromatic nitrogens is 4. The van der Waals surface area contributed by atoms with E-state index in [0.29, 0.717) is 30.7 Å². The van der Waals surface area contributed by atoms with Gasteiger partial charge >= 0.3 is 19.6 Å². The number of carbonyl (C=O) groups excluding carboxylic acids is 1. The zero-order valence-corrected chi connectivity index (χ0v) is 25.9. The summed E-state index contributed by atoms with van der Waals surface area (Å²) in [5, 5.41) is 17.6. The second kappa shape index (κ2) is 13.9. The molecule has 6 rings (SSSR count). The smallest absolute Gasteiger partial charge is 0.328 e. The van der Waals surface area contributed by atoms with Gasteiger partial charge in [0.05, 0.1) is 19.1 Å². The Bertz CT molecular complexity index is 1620. The summed E-state index contributed by atoms with van der Waals surface area (Å²) in [6, 6.07) is 8.43. The van der Waals surface area contributed by atoms with Crippen molar-refractivity contribution in [3.05, 3.63) is 54.6 Å². The Labute approximate surface area is 264 Å². The molecule has 3 aromatic rings. The van der Waals surface area contributed by atoms with Crippen molar-refractivity contribution in [2.45, 2.75) is 56.6 Å². The standard InChI is InChI=1S/C29H36N7O9P/c1-2-30-29(39)35-25-22-26(33-15-32-25)36(16-34-22)27-24-23(44-21(45-24)9-8-17-6-4-3-5-7-17)20(43-27)13-42-46(40,41)14-18-10-11-31-19(12-18)28(37)38/h3-9,15-16,18-21,23-24,27,31H,2,10-14H2,1H3,(H,37,38)(H,40,41)(H2,30,32,33,35,39)/t18?,19?,20-,21+,23?,24+,27-/m1/s1. The molecule has 246 valence electrons. The number of nitrogens with one attached hydrogen (secondary N) is 3. The summed E-state index contributed by atoms with van der Waals surface area (Å²) < 4.78 is 39.2. The summed E-state index contributed by atoms with van der Waals surface area (Å²) in [6.45, 7) is 2.38. The van der Waals surface area contributed by atoms with E-state index in [1.807, 2.05) is 36.4 Å². The van der Waals surface area contributed by atoms with Crippen LogP contribution in [-0.2, 0) is 28.1 Å². The number of fused-ring (bicyclic) bond motifs is 2. The molecule has 0 spiro atoms. The lowest BCUT2D eigenvalue weighted by atomic mass is 9.94. The molecule has 3 aliphatic heterocycles. The van der Waals surface area contributed by atoms with Gasteiger partial charge in [-0.05, 0) is 43.9 Å². The summed E-state index contributed by atoms with van der Waals surface area (Å²) >= 11 is 0. The summed E-state index contributed by atoms with van der Waals surface area (Å²) in [4.78, 5) is 47.3. The molecule has 0 bridgehead atoms. The van der Waals surface area contributed by atoms with Crippen molar-refractivity contribution in [3.8, 4) is 0 Å². The number of carbonyl (C=O) groups is 2. The third-order valence-electron chi connectivity index (χ3n) is 8.06. The minimum Gasteiger partial charge on any atom is -0.480 e. The first-order valence-electron chi connectivity index (χ1n) is 15.1. The van der Waals surface area contributed by atoms with E-state index in [-0.39, 0.29) is 30.9 Å². The van der Waals surface area contributed by atoms with Crippen LogP contribution >= 0.6 is 7.60 Å². The van der Waals surface area contributed by atoms with E-state index < -0.39 is 56.5 Å². The molecular formula is C29H36N7O9P. The highest BCUT2D eigenvalue weighted by atomic mass is 31.2. The zero-order valence-electron chi connectivity index (χ0n) is 25.0. The van der Waals surface area contributed by atoms with Crippen molar-refractivity contribution in [1.82, 2.24) is 30.2 Å². The highest BCUT2D eigenvalue weighted by Gasteiger charge is 2.54. The van der Waals surface area contributed by atoms with E-state index in [1.54, 1.807) is 17.6 Å². The van der Waals surface area contributed by atoms with Gasteiger partial charge in [-0.3, -0.25) is 19.2 Å². The van der Waals surface area contributed by atoms with E-state index in [0.717, 1.165) is 5.56 Å². The van der Waals surface area contributed by atoms with E-state index in [9.17, 15) is 24.2 Å². The average Bonchev–Trinajstić information content (AvgIpc) is 3.74. The molecule has 4 unspecified atom stereocenters. The minimum absolute atomic E-state index is 0.174. The average molecular weight is 658 g/mol. The number of carboxylic acids is 1. The van der Waals surface area contributed by atoms with Crippen molar-refractivity contribution in [3.63, 3.8) is 0 Å². The molecule has 5 N–H and O–H groups in total. The highest BCUT2D eigenvalue weighted by Crippen LogP contribution is 2.48. The fraction of sp³-hybridized carbons (Fsp3) is 0.483. The van der Waals surface area contributed by atoms with Gasteiger partial charge in [-0.2, -0.15) is 0 Å². The molecule has 3 fully saturated rings. The van der Waals surface area contributed by atoms with Gasteiger partial charge in [0.2, 0.25) is 0 Å². The van der Waals surface area contributed by atoms with Crippen molar-refractivity contribution >= 4 is 42.7 Å². The van der Waals surface area contributed by atoms with Gasteiger partial charge in [-0.1, -0.05) is 36.4 Å². The molecule has 0 aliphatic carbocycles. The van der Waals surface area contributed by atoms with Crippen LogP contribution in [-0.4, -0.2) is 98.0 Å². The summed E-state index contributed by atoms with van der Waals surface area (Å²) in [6.07, 6.45) is 3.33. The molecule has 0 saturated carbocycles. The first-order chi connectivity index (χ1) is 22.2. The summed E-state index contributed by atoms with van der Waals surface area (Å²) in [5.41, 5.74) is 1.65. The molecule has 16 nitrogen and oxygen atoms in total. The van der Waals surface area contributed by atoms with Crippen molar-refractivity contribution in [2.75, 3.05) is 31.2 Å². The quantitative estimate of drug-likeness (QED) is 0.188. The molecule has 46 heavy (non-hydrogen) atoms. The monoisotopic (exact) mass is 657 g/mol. The lowest BCUT2D eigenvalue weighted by molar-refractivity contribution is -0.140. The van der Waals surface area contributed by atoms with Crippen LogP contribution in [0.25, 0.3) is 17.2 Å². The maximum absolute atomic E-state index is 13.1. The molecule has 17 heteroatoms. The van der Waals surface area contributed by atoms with Gasteiger partial charge < -0.3 is 39.4 Å². The largest absolute Gasteiger partial charge is 0.480 e. The number of ether oxygens (including phenoxy) is 3. The molecule has 5 heterocycles. The third-order valence-corrected chi connectivity index (χ3v) is 9.59. The van der Waals surface area contributed by atoms with Crippen LogP contribution in [0, 0.1) is 5.92 Å². The Balaban J connectivity index is 1.20. The SMILES string of the molecule is CCNC(=O)Nc1ncnc2c1ncn2[C@@H]1O[C@H](COP(=O)(O)CC2CCNC(C(=O)O)C2)C2O[C@H](C=Cc3ccccc3)O[C@@H]21. The fourth-order valence-electron chi connectivity index (χ4n) is 5.92. The molecule has 3 aliphatic rings. The molecule has 1 aromatic carbocycles. The van der Waals surface area contributed by atoms with Crippen molar-refractivity contribution < 1.29 is 42.9 Å². The maximum atomic E-state index is 13.1. The van der Waals surface area contributed by atoms with Crippen LogP contribution in [0.2, 0.25) is 0 Å². The Morgan fingerprint density at radius 2 is 1.98 bits per heavy atom. The number of hydrogen-bond acceptors (Lipinski definition) is 11. The van der Waals surface area contributed by atoms with Crippen LogP contribution in [0.5, 0.6) is 0 Å².